The van der Waals surface area contributed by atoms with E-state index in [4.69, 9.17) is 5.73 Å². The molecule has 4 atom stereocenters. The van der Waals surface area contributed by atoms with Gasteiger partial charge in [0.1, 0.15) is 5.69 Å². The molecule has 4 heterocycles. The van der Waals surface area contributed by atoms with Gasteiger partial charge in [0.25, 0.3) is 0 Å². The standard InChI is InChI=1S/C24H28N6O/c25-20-8-4-7-19(11-20)23-16-30(28-27-23)14-21-12-18-9-10-29(21)15-22(18)24(31)26-13-17-5-2-1-3-6-17/h1-8,11,16,18,21-22H,9-10,12-15,25H2,(H,26,31)/t18-,21+,22+/m0/s1. The summed E-state index contributed by atoms with van der Waals surface area (Å²) in [5.74, 6) is 0.691. The van der Waals surface area contributed by atoms with Crippen LogP contribution in [0.25, 0.3) is 11.3 Å². The monoisotopic (exact) mass is 416 g/mol. The average molecular weight is 417 g/mol. The number of anilines is 1. The van der Waals surface area contributed by atoms with Crippen LogP contribution in [-0.4, -0.2) is 44.9 Å². The zero-order valence-corrected chi connectivity index (χ0v) is 17.5. The quantitative estimate of drug-likeness (QED) is 0.603. The number of nitrogen functional groups attached to an aromatic ring is 1. The summed E-state index contributed by atoms with van der Waals surface area (Å²) < 4.78 is 1.92. The van der Waals surface area contributed by atoms with Crippen LogP contribution in [-0.2, 0) is 17.9 Å². The number of hydrogen-bond acceptors (Lipinski definition) is 5. The van der Waals surface area contributed by atoms with Gasteiger partial charge in [-0.3, -0.25) is 14.4 Å². The van der Waals surface area contributed by atoms with E-state index in [0.717, 1.165) is 55.0 Å². The van der Waals surface area contributed by atoms with Gasteiger partial charge in [-0.15, -0.1) is 5.10 Å². The molecule has 0 aliphatic carbocycles. The van der Waals surface area contributed by atoms with Gasteiger partial charge in [0.05, 0.1) is 18.7 Å². The maximum Gasteiger partial charge on any atom is 0.224 e. The highest BCUT2D eigenvalue weighted by Gasteiger charge is 2.43. The van der Waals surface area contributed by atoms with Crippen molar-refractivity contribution in [1.82, 2.24) is 25.2 Å². The molecule has 1 aromatic heterocycles. The summed E-state index contributed by atoms with van der Waals surface area (Å²) in [5, 5.41) is 11.8. The van der Waals surface area contributed by atoms with E-state index in [1.807, 2.05) is 65.5 Å². The van der Waals surface area contributed by atoms with E-state index >= 15 is 0 Å². The van der Waals surface area contributed by atoms with E-state index in [2.05, 4.69) is 20.5 Å². The van der Waals surface area contributed by atoms with E-state index in [0.29, 0.717) is 18.5 Å². The molecule has 0 saturated carbocycles. The topological polar surface area (TPSA) is 89.1 Å². The van der Waals surface area contributed by atoms with Gasteiger partial charge in [-0.05, 0) is 43.0 Å². The second-order valence-electron chi connectivity index (χ2n) is 8.69. The van der Waals surface area contributed by atoms with Crippen LogP contribution >= 0.6 is 0 Å². The van der Waals surface area contributed by atoms with Crippen LogP contribution in [0.15, 0.2) is 60.8 Å². The molecule has 3 N–H and O–H groups in total. The third-order valence-electron chi connectivity index (χ3n) is 6.64. The Bertz CT molecular complexity index is 1050. The van der Waals surface area contributed by atoms with Crippen molar-refractivity contribution in [2.45, 2.75) is 32.0 Å². The Balaban J connectivity index is 1.19. The Kier molecular flexibility index (Phi) is 5.42. The Morgan fingerprint density at radius 1 is 1.16 bits per heavy atom. The lowest BCUT2D eigenvalue weighted by Gasteiger charge is -2.49. The molecule has 6 rings (SSSR count). The van der Waals surface area contributed by atoms with Crippen LogP contribution < -0.4 is 11.1 Å². The zero-order chi connectivity index (χ0) is 21.2. The Labute approximate surface area is 182 Å². The number of hydrogen-bond donors (Lipinski definition) is 2. The van der Waals surface area contributed by atoms with Gasteiger partial charge >= 0.3 is 0 Å². The fraction of sp³-hybridized carbons (Fsp3) is 0.375. The fourth-order valence-corrected chi connectivity index (χ4v) is 4.98. The summed E-state index contributed by atoms with van der Waals surface area (Å²) in [5.41, 5.74) is 9.56. The minimum atomic E-state index is 0.0762. The molecule has 0 radical (unpaired) electrons. The Hall–Kier alpha value is -3.19. The van der Waals surface area contributed by atoms with Crippen molar-refractivity contribution in [3.05, 3.63) is 66.4 Å². The molecule has 31 heavy (non-hydrogen) atoms. The molecule has 1 unspecified atom stereocenters. The number of nitrogens with zero attached hydrogens (tertiary/aromatic N) is 4. The highest BCUT2D eigenvalue weighted by molar-refractivity contribution is 5.79. The normalized spacial score (nSPS) is 24.8. The predicted molar refractivity (Wildman–Crippen MR) is 120 cm³/mol. The average Bonchev–Trinajstić information content (AvgIpc) is 3.27. The zero-order valence-electron chi connectivity index (χ0n) is 17.5. The molecule has 7 heteroatoms. The SMILES string of the molecule is Nc1cccc(-c2cn(C[C@H]3C[C@@H]4CCN3C[C@H]4C(=O)NCc3ccccc3)nn2)c1. The van der Waals surface area contributed by atoms with Crippen LogP contribution in [0.4, 0.5) is 5.69 Å². The van der Waals surface area contributed by atoms with E-state index in [9.17, 15) is 4.79 Å². The molecule has 7 nitrogen and oxygen atoms in total. The number of piperidine rings is 3. The lowest BCUT2D eigenvalue weighted by Crippen LogP contribution is -2.57. The van der Waals surface area contributed by atoms with Crippen LogP contribution in [0.2, 0.25) is 0 Å². The van der Waals surface area contributed by atoms with E-state index in [1.165, 1.54) is 0 Å². The van der Waals surface area contributed by atoms with Crippen molar-refractivity contribution >= 4 is 11.6 Å². The van der Waals surface area contributed by atoms with Crippen molar-refractivity contribution in [2.75, 3.05) is 18.8 Å². The summed E-state index contributed by atoms with van der Waals surface area (Å²) in [6, 6.07) is 18.2. The minimum Gasteiger partial charge on any atom is -0.399 e. The molecule has 2 aromatic carbocycles. The smallest absolute Gasteiger partial charge is 0.224 e. The second-order valence-corrected chi connectivity index (χ2v) is 8.69. The predicted octanol–water partition coefficient (Wildman–Crippen LogP) is 2.55. The number of carbonyl (C=O) groups excluding carboxylic acids is 1. The lowest BCUT2D eigenvalue weighted by atomic mass is 9.75. The van der Waals surface area contributed by atoms with Gasteiger partial charge in [0.2, 0.25) is 5.91 Å². The highest BCUT2D eigenvalue weighted by Crippen LogP contribution is 2.37. The summed E-state index contributed by atoms with van der Waals surface area (Å²) >= 11 is 0. The molecule has 3 aromatic rings. The molecular formula is C24H28N6O. The molecule has 3 aliphatic heterocycles. The summed E-state index contributed by atoms with van der Waals surface area (Å²) in [6.45, 7) is 3.27. The molecule has 1 amide bonds. The number of amides is 1. The van der Waals surface area contributed by atoms with Gasteiger partial charge in [-0.1, -0.05) is 47.7 Å². The van der Waals surface area contributed by atoms with Gasteiger partial charge < -0.3 is 11.1 Å². The van der Waals surface area contributed by atoms with Crippen molar-refractivity contribution in [1.29, 1.82) is 0 Å². The molecule has 3 saturated heterocycles. The molecule has 3 fully saturated rings. The first-order chi connectivity index (χ1) is 15.2. The number of nitrogens with one attached hydrogen (secondary N) is 1. The van der Waals surface area contributed by atoms with Gasteiger partial charge in [0, 0.05) is 30.4 Å². The molecule has 2 bridgehead atoms. The first kappa shape index (κ1) is 19.8. The first-order valence-corrected chi connectivity index (χ1v) is 11.0. The van der Waals surface area contributed by atoms with Crippen LogP contribution in [0.5, 0.6) is 0 Å². The lowest BCUT2D eigenvalue weighted by molar-refractivity contribution is -0.133. The molecule has 0 spiro atoms. The first-order valence-electron chi connectivity index (χ1n) is 11.0. The number of rotatable bonds is 6. The van der Waals surface area contributed by atoms with Crippen LogP contribution in [0.1, 0.15) is 18.4 Å². The number of nitrogens with two attached hydrogens (primary N) is 1. The maximum absolute atomic E-state index is 12.8. The van der Waals surface area contributed by atoms with Crippen molar-refractivity contribution in [3.8, 4) is 11.3 Å². The van der Waals surface area contributed by atoms with E-state index < -0.39 is 0 Å². The highest BCUT2D eigenvalue weighted by atomic mass is 16.1. The van der Waals surface area contributed by atoms with Crippen molar-refractivity contribution in [3.63, 3.8) is 0 Å². The molecule has 160 valence electrons. The number of benzene rings is 2. The Morgan fingerprint density at radius 2 is 2.03 bits per heavy atom. The maximum atomic E-state index is 12.8. The van der Waals surface area contributed by atoms with Crippen molar-refractivity contribution < 1.29 is 4.79 Å². The van der Waals surface area contributed by atoms with Crippen LogP contribution in [0.3, 0.4) is 0 Å². The third kappa shape index (κ3) is 4.32. The summed E-state index contributed by atoms with van der Waals surface area (Å²) in [7, 11) is 0. The number of aromatic nitrogens is 3. The Morgan fingerprint density at radius 3 is 2.81 bits per heavy atom. The van der Waals surface area contributed by atoms with Crippen molar-refractivity contribution in [2.24, 2.45) is 11.8 Å². The second kappa shape index (κ2) is 8.51. The third-order valence-corrected chi connectivity index (χ3v) is 6.64. The van der Waals surface area contributed by atoms with E-state index in [-0.39, 0.29) is 11.8 Å². The van der Waals surface area contributed by atoms with Crippen LogP contribution in [0, 0.1) is 11.8 Å². The molecular weight excluding hydrogens is 388 g/mol. The van der Waals surface area contributed by atoms with Gasteiger partial charge in [0.15, 0.2) is 0 Å². The minimum absolute atomic E-state index is 0.0762. The van der Waals surface area contributed by atoms with E-state index in [1.54, 1.807) is 0 Å². The largest absolute Gasteiger partial charge is 0.399 e. The fourth-order valence-electron chi connectivity index (χ4n) is 4.98. The summed E-state index contributed by atoms with van der Waals surface area (Å²) in [4.78, 5) is 15.3. The van der Waals surface area contributed by atoms with Gasteiger partial charge in [-0.2, -0.15) is 0 Å². The number of fused-ring (bicyclic) bond motifs is 3. The molecule has 3 aliphatic rings. The number of carbonyl (C=O) groups is 1. The summed E-state index contributed by atoms with van der Waals surface area (Å²) in [6.07, 6.45) is 4.10. The van der Waals surface area contributed by atoms with Gasteiger partial charge in [-0.25, -0.2) is 0 Å².